The number of aliphatic hydroxyl groups excluding tert-OH is 2. The number of fused-ring (bicyclic) bond motifs is 1. The topological polar surface area (TPSA) is 206 Å². The molecule has 7 N–H and O–H groups in total. The van der Waals surface area contributed by atoms with Gasteiger partial charge in [-0.2, -0.15) is 0 Å². The Balaban J connectivity index is 2.03. The first kappa shape index (κ1) is 17.1. The molecule has 0 unspecified atom stereocenters. The van der Waals surface area contributed by atoms with Crippen LogP contribution in [0.1, 0.15) is 6.23 Å². The Labute approximate surface area is 133 Å². The maximum atomic E-state index is 11.1. The van der Waals surface area contributed by atoms with Gasteiger partial charge in [-0.3, -0.25) is 4.57 Å². The number of hydrogen-bond donors (Lipinski definition) is 6. The van der Waals surface area contributed by atoms with Crippen molar-refractivity contribution in [1.29, 1.82) is 0 Å². The Morgan fingerprint density at radius 3 is 2.75 bits per heavy atom. The van der Waals surface area contributed by atoms with Crippen LogP contribution >= 0.6 is 7.82 Å². The van der Waals surface area contributed by atoms with Crippen molar-refractivity contribution in [2.75, 3.05) is 12.3 Å². The minimum atomic E-state index is -5.20. The third-order valence-corrected chi connectivity index (χ3v) is 4.08. The van der Waals surface area contributed by atoms with Crippen LogP contribution in [-0.4, -0.2) is 69.2 Å². The fourth-order valence-electron chi connectivity index (χ4n) is 2.49. The van der Waals surface area contributed by atoms with Gasteiger partial charge in [0.15, 0.2) is 23.8 Å². The Morgan fingerprint density at radius 1 is 1.42 bits per heavy atom. The van der Waals surface area contributed by atoms with E-state index in [0.717, 1.165) is 6.33 Å². The number of aliphatic hydroxyl groups is 3. The number of nitrogens with two attached hydrogens (primary N) is 1. The lowest BCUT2D eigenvalue weighted by Gasteiger charge is -2.29. The predicted molar refractivity (Wildman–Crippen MR) is 74.8 cm³/mol. The van der Waals surface area contributed by atoms with Gasteiger partial charge in [0.2, 0.25) is 5.79 Å². The van der Waals surface area contributed by atoms with Crippen molar-refractivity contribution >= 4 is 24.8 Å². The number of phosphoric acid groups is 1. The Morgan fingerprint density at radius 2 is 2.12 bits per heavy atom. The van der Waals surface area contributed by atoms with Gasteiger partial charge in [-0.1, -0.05) is 0 Å². The number of imidazole rings is 1. The lowest BCUT2D eigenvalue weighted by molar-refractivity contribution is -0.224. The molecule has 0 bridgehead atoms. The van der Waals surface area contributed by atoms with Crippen LogP contribution < -0.4 is 5.73 Å². The molecule has 132 valence electrons. The van der Waals surface area contributed by atoms with Gasteiger partial charge in [-0.25, -0.2) is 24.0 Å². The molecule has 0 aliphatic carbocycles. The van der Waals surface area contributed by atoms with E-state index in [1.807, 2.05) is 0 Å². The van der Waals surface area contributed by atoms with E-state index in [4.69, 9.17) is 20.3 Å². The number of rotatable bonds is 4. The quantitative estimate of drug-likeness (QED) is 0.245. The number of hydrogen-bond acceptors (Lipinski definition) is 10. The van der Waals surface area contributed by atoms with E-state index >= 15 is 0 Å². The van der Waals surface area contributed by atoms with Gasteiger partial charge in [-0.15, -0.1) is 0 Å². The number of anilines is 1. The third-order valence-electron chi connectivity index (χ3n) is 3.55. The summed E-state index contributed by atoms with van der Waals surface area (Å²) in [5.74, 6) is -2.79. The second-order valence-electron chi connectivity index (χ2n) is 5.06. The normalized spacial score (nSPS) is 31.0. The molecule has 0 radical (unpaired) electrons. The van der Waals surface area contributed by atoms with Crippen LogP contribution in [0, 0.1) is 0 Å². The monoisotopic (exact) mass is 363 g/mol. The van der Waals surface area contributed by atoms with Gasteiger partial charge in [0.25, 0.3) is 0 Å². The highest BCUT2D eigenvalue weighted by atomic mass is 31.2. The van der Waals surface area contributed by atoms with E-state index in [9.17, 15) is 19.9 Å². The molecule has 2 aromatic heterocycles. The molecule has 1 saturated heterocycles. The second kappa shape index (κ2) is 5.68. The molecule has 1 fully saturated rings. The highest BCUT2D eigenvalue weighted by Crippen LogP contribution is 2.49. The molecule has 1 aliphatic rings. The highest BCUT2D eigenvalue weighted by Gasteiger charge is 2.60. The van der Waals surface area contributed by atoms with Crippen molar-refractivity contribution in [3.05, 3.63) is 12.7 Å². The molecule has 14 heteroatoms. The van der Waals surface area contributed by atoms with Gasteiger partial charge in [0.05, 0.1) is 12.9 Å². The first-order valence-electron chi connectivity index (χ1n) is 6.53. The summed E-state index contributed by atoms with van der Waals surface area (Å²) in [6, 6.07) is 0. The SMILES string of the molecule is Nc1ncnc2c1ncn2[C@@H]1O[C@H](CO)[C@](O)(OP(=O)(O)O)[C@@H]1O. The summed E-state index contributed by atoms with van der Waals surface area (Å²) < 4.78 is 21.8. The summed E-state index contributed by atoms with van der Waals surface area (Å²) in [4.78, 5) is 29.5. The number of ether oxygens (including phenoxy) is 1. The van der Waals surface area contributed by atoms with Gasteiger partial charge in [-0.05, 0) is 0 Å². The second-order valence-corrected chi connectivity index (χ2v) is 6.22. The minimum Gasteiger partial charge on any atom is -0.393 e. The Hall–Kier alpha value is -1.70. The zero-order valence-electron chi connectivity index (χ0n) is 11.9. The van der Waals surface area contributed by atoms with Crippen LogP contribution in [0.2, 0.25) is 0 Å². The summed E-state index contributed by atoms with van der Waals surface area (Å²) >= 11 is 0. The van der Waals surface area contributed by atoms with Crippen LogP contribution in [0.5, 0.6) is 0 Å². The molecule has 0 saturated carbocycles. The molecule has 0 amide bonds. The first-order valence-corrected chi connectivity index (χ1v) is 8.06. The lowest BCUT2D eigenvalue weighted by atomic mass is 10.1. The smallest absolute Gasteiger partial charge is 0.393 e. The van der Waals surface area contributed by atoms with Crippen molar-refractivity contribution in [3.63, 3.8) is 0 Å². The number of nitrogens with zero attached hydrogens (tertiary/aromatic N) is 4. The Kier molecular flexibility index (Phi) is 4.06. The van der Waals surface area contributed by atoms with Crippen LogP contribution in [-0.2, 0) is 13.8 Å². The van der Waals surface area contributed by atoms with Crippen molar-refractivity contribution < 1.29 is 38.9 Å². The van der Waals surface area contributed by atoms with Gasteiger partial charge in [0.1, 0.15) is 17.9 Å². The molecular formula is C10H14N5O8P. The highest BCUT2D eigenvalue weighted by molar-refractivity contribution is 7.46. The summed E-state index contributed by atoms with van der Waals surface area (Å²) in [6.45, 7) is -0.881. The van der Waals surface area contributed by atoms with E-state index in [2.05, 4.69) is 19.5 Å². The molecular weight excluding hydrogens is 349 g/mol. The van der Waals surface area contributed by atoms with Crippen molar-refractivity contribution in [2.24, 2.45) is 0 Å². The average molecular weight is 363 g/mol. The number of nitrogen functional groups attached to an aromatic ring is 1. The molecule has 13 nitrogen and oxygen atoms in total. The van der Waals surface area contributed by atoms with E-state index in [1.54, 1.807) is 0 Å². The van der Waals surface area contributed by atoms with Crippen LogP contribution in [0.4, 0.5) is 5.82 Å². The van der Waals surface area contributed by atoms with Gasteiger partial charge in [0, 0.05) is 0 Å². The molecule has 0 spiro atoms. The van der Waals surface area contributed by atoms with E-state index in [0.29, 0.717) is 0 Å². The largest absolute Gasteiger partial charge is 0.472 e. The molecule has 2 aromatic rings. The van der Waals surface area contributed by atoms with E-state index in [-0.39, 0.29) is 17.0 Å². The minimum absolute atomic E-state index is 0.0617. The van der Waals surface area contributed by atoms with Crippen LogP contribution in [0.15, 0.2) is 12.7 Å². The molecule has 0 aromatic carbocycles. The van der Waals surface area contributed by atoms with Crippen molar-refractivity contribution in [1.82, 2.24) is 19.5 Å². The van der Waals surface area contributed by atoms with Crippen molar-refractivity contribution in [2.45, 2.75) is 24.2 Å². The fraction of sp³-hybridized carbons (Fsp3) is 0.500. The number of aromatic nitrogens is 4. The molecule has 4 atom stereocenters. The Bertz CT molecular complexity index is 810. The van der Waals surface area contributed by atoms with E-state index < -0.39 is 38.7 Å². The molecule has 3 rings (SSSR count). The van der Waals surface area contributed by atoms with Crippen LogP contribution in [0.3, 0.4) is 0 Å². The fourth-order valence-corrected chi connectivity index (χ4v) is 3.09. The summed E-state index contributed by atoms with van der Waals surface area (Å²) in [5.41, 5.74) is 5.98. The standard InChI is InChI=1S/C10H14N5O8P/c11-7-5-8(13-2-12-7)15(3-14-5)9-6(17)10(18,4(1-16)22-9)23-24(19,20)21/h2-4,6,9,16-18H,1H2,(H2,11,12,13)(H2,19,20,21)/t4-,6-,9-,10+/m1/s1. The van der Waals surface area contributed by atoms with Gasteiger partial charge < -0.3 is 35.6 Å². The zero-order valence-corrected chi connectivity index (χ0v) is 12.8. The number of phosphoric ester groups is 1. The summed E-state index contributed by atoms with van der Waals surface area (Å²) in [5, 5.41) is 29.9. The maximum Gasteiger partial charge on any atom is 0.472 e. The maximum absolute atomic E-state index is 11.1. The molecule has 1 aliphatic heterocycles. The van der Waals surface area contributed by atoms with E-state index in [1.165, 1.54) is 10.9 Å². The first-order chi connectivity index (χ1) is 11.2. The van der Waals surface area contributed by atoms with Crippen molar-refractivity contribution in [3.8, 4) is 0 Å². The molecule has 3 heterocycles. The summed E-state index contributed by atoms with van der Waals surface area (Å²) in [6.07, 6.45) is -2.70. The van der Waals surface area contributed by atoms with Gasteiger partial charge >= 0.3 is 7.82 Å². The zero-order chi connectivity index (χ0) is 17.7. The lowest BCUT2D eigenvalue weighted by Crippen LogP contribution is -2.50. The summed E-state index contributed by atoms with van der Waals surface area (Å²) in [7, 11) is -5.20. The van der Waals surface area contributed by atoms with Crippen LogP contribution in [0.25, 0.3) is 11.2 Å². The predicted octanol–water partition coefficient (Wildman–Crippen LogP) is -2.54. The average Bonchev–Trinajstić information content (AvgIpc) is 2.99. The molecule has 24 heavy (non-hydrogen) atoms. The third kappa shape index (κ3) is 2.66.